The highest BCUT2D eigenvalue weighted by Crippen LogP contribution is 2.62. The molecular weight excluding hydrogens is 224 g/mol. The van der Waals surface area contributed by atoms with E-state index in [-0.39, 0.29) is 6.04 Å². The molecule has 2 saturated carbocycles. The first-order valence-corrected chi connectivity index (χ1v) is 7.11. The number of nitrogens with one attached hydrogen (secondary N) is 1. The van der Waals surface area contributed by atoms with Crippen LogP contribution in [0.3, 0.4) is 0 Å². The van der Waals surface area contributed by atoms with E-state index in [0.29, 0.717) is 0 Å². The molecule has 3 aliphatic rings. The van der Waals surface area contributed by atoms with E-state index >= 15 is 0 Å². The topological polar surface area (TPSA) is 47.3 Å². The van der Waals surface area contributed by atoms with Gasteiger partial charge in [-0.15, -0.1) is 0 Å². The van der Waals surface area contributed by atoms with Crippen molar-refractivity contribution in [2.24, 2.45) is 23.6 Å². The van der Waals surface area contributed by atoms with E-state index in [2.05, 4.69) is 23.6 Å². The van der Waals surface area contributed by atoms with Crippen LogP contribution in [0.4, 0.5) is 0 Å². The normalized spacial score (nSPS) is 33.7. The molecule has 18 heavy (non-hydrogen) atoms. The zero-order chi connectivity index (χ0) is 12.1. The van der Waals surface area contributed by atoms with Gasteiger partial charge in [0.2, 0.25) is 0 Å². The van der Waals surface area contributed by atoms with Gasteiger partial charge in [0.05, 0.1) is 12.6 Å². The largest absolute Gasteiger partial charge is 0.493 e. The molecule has 2 fully saturated rings. The number of nitrogens with two attached hydrogens (primary N) is 1. The van der Waals surface area contributed by atoms with Crippen LogP contribution in [0.2, 0.25) is 0 Å². The van der Waals surface area contributed by atoms with E-state index in [0.717, 1.165) is 36.5 Å². The van der Waals surface area contributed by atoms with Gasteiger partial charge in [-0.3, -0.25) is 11.3 Å². The van der Waals surface area contributed by atoms with Crippen molar-refractivity contribution < 1.29 is 4.74 Å². The van der Waals surface area contributed by atoms with Crippen molar-refractivity contribution in [3.63, 3.8) is 0 Å². The molecule has 0 spiro atoms. The van der Waals surface area contributed by atoms with Gasteiger partial charge in [-0.1, -0.05) is 24.6 Å². The second-order valence-electron chi connectivity index (χ2n) is 5.91. The molecule has 1 aliphatic heterocycles. The lowest BCUT2D eigenvalue weighted by Gasteiger charge is -2.20. The summed E-state index contributed by atoms with van der Waals surface area (Å²) in [6.07, 6.45) is 5.23. The number of fused-ring (bicyclic) bond motifs is 2. The summed E-state index contributed by atoms with van der Waals surface area (Å²) in [5.74, 6) is 9.49. The summed E-state index contributed by atoms with van der Waals surface area (Å²) in [7, 11) is 0. The van der Waals surface area contributed by atoms with Gasteiger partial charge in [0.25, 0.3) is 0 Å². The van der Waals surface area contributed by atoms with E-state index in [1.165, 1.54) is 30.4 Å². The van der Waals surface area contributed by atoms with Crippen molar-refractivity contribution in [1.82, 2.24) is 5.43 Å². The molecule has 0 amide bonds. The average molecular weight is 244 g/mol. The number of hydrogen-bond acceptors (Lipinski definition) is 3. The molecule has 1 heterocycles. The number of rotatable bonds is 3. The van der Waals surface area contributed by atoms with Crippen molar-refractivity contribution in [3.8, 4) is 5.75 Å². The van der Waals surface area contributed by atoms with Crippen LogP contribution < -0.4 is 16.0 Å². The molecule has 3 nitrogen and oxygen atoms in total. The lowest BCUT2D eigenvalue weighted by Crippen LogP contribution is -2.31. The Balaban J connectivity index is 1.67. The minimum atomic E-state index is 0.286. The van der Waals surface area contributed by atoms with Gasteiger partial charge in [0, 0.05) is 12.0 Å². The molecule has 3 unspecified atom stereocenters. The third-order valence-electron chi connectivity index (χ3n) is 5.12. The molecule has 0 aromatic heterocycles. The summed E-state index contributed by atoms with van der Waals surface area (Å²) >= 11 is 0. The number of hydrazine groups is 1. The first-order valence-electron chi connectivity index (χ1n) is 7.11. The van der Waals surface area contributed by atoms with Crippen molar-refractivity contribution in [3.05, 3.63) is 29.3 Å². The van der Waals surface area contributed by atoms with Gasteiger partial charge in [-0.05, 0) is 36.2 Å². The smallest absolute Gasteiger partial charge is 0.127 e. The number of para-hydroxylation sites is 1. The lowest BCUT2D eigenvalue weighted by molar-refractivity contribution is 0.340. The van der Waals surface area contributed by atoms with E-state index in [9.17, 15) is 0 Å². The summed E-state index contributed by atoms with van der Waals surface area (Å²) in [5, 5.41) is 0. The highest BCUT2D eigenvalue weighted by Gasteiger charge is 2.56. The zero-order valence-electron chi connectivity index (χ0n) is 10.6. The second kappa shape index (κ2) is 3.97. The SMILES string of the molecule is NNC(c1cccc2c1OCC2)C1C2CCCC21. The summed E-state index contributed by atoms with van der Waals surface area (Å²) in [4.78, 5) is 0. The van der Waals surface area contributed by atoms with Gasteiger partial charge in [-0.25, -0.2) is 0 Å². The highest BCUT2D eigenvalue weighted by atomic mass is 16.5. The molecule has 4 rings (SSSR count). The molecule has 1 aromatic carbocycles. The minimum Gasteiger partial charge on any atom is -0.493 e. The summed E-state index contributed by atoms with van der Waals surface area (Å²) in [6, 6.07) is 6.79. The molecule has 3 N–H and O–H groups in total. The van der Waals surface area contributed by atoms with E-state index in [4.69, 9.17) is 10.6 Å². The zero-order valence-corrected chi connectivity index (χ0v) is 10.6. The highest BCUT2D eigenvalue weighted by molar-refractivity contribution is 5.46. The molecule has 3 atom stereocenters. The lowest BCUT2D eigenvalue weighted by atomic mass is 9.95. The van der Waals surface area contributed by atoms with Crippen LogP contribution >= 0.6 is 0 Å². The van der Waals surface area contributed by atoms with E-state index in [1.54, 1.807) is 0 Å². The van der Waals surface area contributed by atoms with Gasteiger partial charge in [-0.2, -0.15) is 0 Å². The fourth-order valence-electron chi connectivity index (χ4n) is 4.27. The Labute approximate surface area is 108 Å². The van der Waals surface area contributed by atoms with Crippen molar-refractivity contribution in [2.75, 3.05) is 6.61 Å². The Kier molecular flexibility index (Phi) is 2.39. The summed E-state index contributed by atoms with van der Waals surface area (Å²) in [6.45, 7) is 0.821. The Morgan fingerprint density at radius 1 is 1.28 bits per heavy atom. The summed E-state index contributed by atoms with van der Waals surface area (Å²) < 4.78 is 5.82. The van der Waals surface area contributed by atoms with Gasteiger partial charge in [0.1, 0.15) is 5.75 Å². The van der Waals surface area contributed by atoms with Crippen molar-refractivity contribution in [2.45, 2.75) is 31.7 Å². The standard InChI is InChI=1S/C15H20N2O/c16-17-14(13-10-4-2-5-11(10)13)12-6-1-3-9-7-8-18-15(9)12/h1,3,6,10-11,13-14,17H,2,4-5,7-8,16H2. The molecule has 0 saturated heterocycles. The predicted octanol–water partition coefficient (Wildman–Crippen LogP) is 2.17. The van der Waals surface area contributed by atoms with Crippen LogP contribution in [0.15, 0.2) is 18.2 Å². The number of ether oxygens (including phenoxy) is 1. The third kappa shape index (κ3) is 1.44. The van der Waals surface area contributed by atoms with E-state index < -0.39 is 0 Å². The van der Waals surface area contributed by atoms with Crippen LogP contribution in [-0.4, -0.2) is 6.61 Å². The Morgan fingerprint density at radius 3 is 2.89 bits per heavy atom. The van der Waals surface area contributed by atoms with Crippen LogP contribution in [0.1, 0.15) is 36.4 Å². The number of benzene rings is 1. The molecule has 2 aliphatic carbocycles. The Hall–Kier alpha value is -1.06. The van der Waals surface area contributed by atoms with Crippen molar-refractivity contribution in [1.29, 1.82) is 0 Å². The fourth-order valence-corrected chi connectivity index (χ4v) is 4.27. The Bertz CT molecular complexity index is 464. The molecule has 0 radical (unpaired) electrons. The van der Waals surface area contributed by atoms with Crippen LogP contribution in [0.25, 0.3) is 0 Å². The van der Waals surface area contributed by atoms with Gasteiger partial charge >= 0.3 is 0 Å². The van der Waals surface area contributed by atoms with Crippen molar-refractivity contribution >= 4 is 0 Å². The maximum absolute atomic E-state index is 5.84. The third-order valence-corrected chi connectivity index (χ3v) is 5.12. The minimum absolute atomic E-state index is 0.286. The average Bonchev–Trinajstić information content (AvgIpc) is 2.84. The summed E-state index contributed by atoms with van der Waals surface area (Å²) in [5.41, 5.74) is 5.69. The first-order chi connectivity index (χ1) is 8.90. The molecular formula is C15H20N2O. The number of hydrogen-bond donors (Lipinski definition) is 2. The molecule has 1 aromatic rings. The van der Waals surface area contributed by atoms with Gasteiger partial charge in [0.15, 0.2) is 0 Å². The first kappa shape index (κ1) is 10.8. The second-order valence-corrected chi connectivity index (χ2v) is 5.91. The van der Waals surface area contributed by atoms with E-state index in [1.807, 2.05) is 0 Å². The maximum atomic E-state index is 5.84. The Morgan fingerprint density at radius 2 is 2.11 bits per heavy atom. The molecule has 3 heteroatoms. The molecule has 96 valence electrons. The van der Waals surface area contributed by atoms with Gasteiger partial charge < -0.3 is 4.74 Å². The molecule has 0 bridgehead atoms. The monoisotopic (exact) mass is 244 g/mol. The fraction of sp³-hybridized carbons (Fsp3) is 0.600. The van der Waals surface area contributed by atoms with Crippen LogP contribution in [0.5, 0.6) is 5.75 Å². The predicted molar refractivity (Wildman–Crippen MR) is 70.0 cm³/mol. The maximum Gasteiger partial charge on any atom is 0.127 e. The van der Waals surface area contributed by atoms with Crippen LogP contribution in [-0.2, 0) is 6.42 Å². The quantitative estimate of drug-likeness (QED) is 0.633. The van der Waals surface area contributed by atoms with Crippen LogP contribution in [0, 0.1) is 17.8 Å².